The highest BCUT2D eigenvalue weighted by atomic mass is 16.2. The van der Waals surface area contributed by atoms with E-state index in [2.05, 4.69) is 31.2 Å². The molecule has 1 aromatic heterocycles. The number of likely N-dealkylation sites (tertiary alicyclic amines) is 1. The van der Waals surface area contributed by atoms with E-state index in [4.69, 9.17) is 0 Å². The summed E-state index contributed by atoms with van der Waals surface area (Å²) in [6.07, 6.45) is 4.64. The lowest BCUT2D eigenvalue weighted by atomic mass is 9.84. The van der Waals surface area contributed by atoms with Crippen molar-refractivity contribution in [2.45, 2.75) is 90.6 Å². The second-order valence-corrected chi connectivity index (χ2v) is 14.8. The smallest absolute Gasteiger partial charge is 0.289 e. The number of aromatic nitrogens is 2. The first-order valence-corrected chi connectivity index (χ1v) is 17.8. The van der Waals surface area contributed by atoms with Gasteiger partial charge < -0.3 is 31.1 Å². The van der Waals surface area contributed by atoms with E-state index in [0.29, 0.717) is 13.0 Å². The van der Waals surface area contributed by atoms with Gasteiger partial charge in [-0.2, -0.15) is 0 Å². The van der Waals surface area contributed by atoms with Gasteiger partial charge in [-0.3, -0.25) is 43.4 Å². The maximum atomic E-state index is 14.8. The average molecular weight is 734 g/mol. The number of benzene rings is 1. The van der Waals surface area contributed by atoms with Crippen LogP contribution in [-0.4, -0.2) is 122 Å². The zero-order chi connectivity index (χ0) is 39.1. The third kappa shape index (κ3) is 8.87. The summed E-state index contributed by atoms with van der Waals surface area (Å²) in [5.41, 5.74) is -2.77. The minimum atomic E-state index is -1.63. The summed E-state index contributed by atoms with van der Waals surface area (Å²) in [4.78, 5) is 107. The molecule has 4 atom stereocenters. The van der Waals surface area contributed by atoms with Crippen LogP contribution in [0.1, 0.15) is 76.9 Å². The molecule has 4 rings (SSSR count). The Kier molecular flexibility index (Phi) is 12.7. The van der Waals surface area contributed by atoms with Gasteiger partial charge in [0.1, 0.15) is 22.9 Å². The number of rotatable bonds is 14. The van der Waals surface area contributed by atoms with E-state index in [1.54, 1.807) is 39.6 Å². The zero-order valence-electron chi connectivity index (χ0n) is 31.5. The summed E-state index contributed by atoms with van der Waals surface area (Å²) in [6, 6.07) is 6.73. The molecule has 0 radical (unpaired) electrons. The van der Waals surface area contributed by atoms with Crippen molar-refractivity contribution in [3.8, 4) is 0 Å². The second-order valence-electron chi connectivity index (χ2n) is 14.8. The summed E-state index contributed by atoms with van der Waals surface area (Å²) in [5, 5.41) is 10.6. The molecule has 3 heterocycles. The Morgan fingerprint density at radius 1 is 0.981 bits per heavy atom. The van der Waals surface area contributed by atoms with Gasteiger partial charge in [0.2, 0.25) is 29.4 Å². The molecule has 0 aliphatic carbocycles. The number of likely N-dealkylation sites (N-methyl/N-ethyl adjacent to an activating group) is 2. The normalized spacial score (nSPS) is 21.2. The fraction of sp³-hybridized carbons (Fsp3) is 0.541. The van der Waals surface area contributed by atoms with Gasteiger partial charge in [-0.15, -0.1) is 0 Å². The fourth-order valence-corrected chi connectivity index (χ4v) is 7.01. The monoisotopic (exact) mass is 733 g/mol. The Morgan fingerprint density at radius 3 is 2.28 bits per heavy atom. The minimum Gasteiger partial charge on any atom is -0.345 e. The van der Waals surface area contributed by atoms with Gasteiger partial charge in [-0.05, 0) is 38.3 Å². The summed E-state index contributed by atoms with van der Waals surface area (Å²) >= 11 is 0. The SMILES string of the molecule is CCCC(NC(=O)[C@]1(C)CC2(CN1C(=O)[C@@H](NC(=O)CNC(=O)c1cnccn1)C(C)(C)C)N(C)CC(=O)N2CC)C(=O)C(=O)NCc1ccccc1. The summed E-state index contributed by atoms with van der Waals surface area (Å²) in [5.74, 6) is -4.40. The number of hydrogen-bond donors (Lipinski definition) is 4. The average Bonchev–Trinajstić information content (AvgIpc) is 3.58. The Balaban J connectivity index is 1.61. The molecular weight excluding hydrogens is 682 g/mol. The molecule has 2 saturated heterocycles. The number of nitrogens with one attached hydrogen (secondary N) is 4. The summed E-state index contributed by atoms with van der Waals surface area (Å²) in [6.45, 7) is 10.4. The van der Waals surface area contributed by atoms with Crippen LogP contribution in [0.4, 0.5) is 0 Å². The van der Waals surface area contributed by atoms with Gasteiger partial charge >= 0.3 is 0 Å². The van der Waals surface area contributed by atoms with Crippen LogP contribution in [0.2, 0.25) is 0 Å². The molecule has 2 aliphatic rings. The quantitative estimate of drug-likeness (QED) is 0.197. The number of hydrogen-bond acceptors (Lipinski definition) is 10. The Hall–Kier alpha value is -5.25. The standard InChI is InChI=1S/C37H51N9O7/c1-8-13-25(29(49)32(51)40-18-24-14-11-10-12-15-24)42-34(53)36(6)22-37(44(7)21-28(48)45(37)9-2)23-46(36)33(52)30(35(3,4)5)43-27(47)20-41-31(50)26-19-38-16-17-39-26/h10-12,14-17,19,25,30H,8-9,13,18,20-23H2,1-7H3,(H,40,51)(H,41,50)(H,42,53)(H,43,47)/t25?,30-,36+,37?/m1/s1. The lowest BCUT2D eigenvalue weighted by molar-refractivity contribution is -0.149. The predicted molar refractivity (Wildman–Crippen MR) is 193 cm³/mol. The lowest BCUT2D eigenvalue weighted by Crippen LogP contribution is -2.64. The van der Waals surface area contributed by atoms with Crippen molar-refractivity contribution in [3.63, 3.8) is 0 Å². The van der Waals surface area contributed by atoms with Crippen LogP contribution in [0.25, 0.3) is 0 Å². The number of amides is 6. The van der Waals surface area contributed by atoms with Crippen LogP contribution < -0.4 is 21.3 Å². The van der Waals surface area contributed by atoms with Gasteiger partial charge in [-0.1, -0.05) is 64.4 Å². The maximum Gasteiger partial charge on any atom is 0.289 e. The highest BCUT2D eigenvalue weighted by Crippen LogP contribution is 2.45. The molecule has 16 nitrogen and oxygen atoms in total. The van der Waals surface area contributed by atoms with E-state index >= 15 is 0 Å². The molecule has 2 aromatic rings. The van der Waals surface area contributed by atoms with Crippen molar-refractivity contribution < 1.29 is 33.6 Å². The lowest BCUT2D eigenvalue weighted by Gasteiger charge is -2.40. The second kappa shape index (κ2) is 16.6. The van der Waals surface area contributed by atoms with E-state index in [-0.39, 0.29) is 44.1 Å². The fourth-order valence-electron chi connectivity index (χ4n) is 7.01. The van der Waals surface area contributed by atoms with Crippen molar-refractivity contribution in [2.75, 3.05) is 33.2 Å². The van der Waals surface area contributed by atoms with Gasteiger partial charge in [-0.25, -0.2) is 4.98 Å². The number of ketones is 1. The van der Waals surface area contributed by atoms with E-state index in [0.717, 1.165) is 5.56 Å². The molecule has 4 N–H and O–H groups in total. The molecule has 2 aliphatic heterocycles. The molecule has 16 heteroatoms. The van der Waals surface area contributed by atoms with Crippen molar-refractivity contribution in [2.24, 2.45) is 5.41 Å². The molecule has 1 spiro atoms. The molecule has 6 amide bonds. The van der Waals surface area contributed by atoms with E-state index in [9.17, 15) is 33.6 Å². The molecular formula is C37H51N9O7. The number of nitrogens with zero attached hydrogens (tertiary/aromatic N) is 5. The molecule has 0 bridgehead atoms. The van der Waals surface area contributed by atoms with Crippen LogP contribution in [0.5, 0.6) is 0 Å². The molecule has 53 heavy (non-hydrogen) atoms. The van der Waals surface area contributed by atoms with Gasteiger partial charge in [0.25, 0.3) is 11.8 Å². The molecule has 2 fully saturated rings. The van der Waals surface area contributed by atoms with Crippen molar-refractivity contribution >= 4 is 41.2 Å². The topological polar surface area (TPSA) is 203 Å². The van der Waals surface area contributed by atoms with Gasteiger partial charge in [0.15, 0.2) is 0 Å². The highest BCUT2D eigenvalue weighted by molar-refractivity contribution is 6.38. The third-order valence-electron chi connectivity index (χ3n) is 9.93. The zero-order valence-corrected chi connectivity index (χ0v) is 31.5. The third-order valence-corrected chi connectivity index (χ3v) is 9.93. The Bertz CT molecular complexity index is 1700. The largest absolute Gasteiger partial charge is 0.345 e. The first-order valence-electron chi connectivity index (χ1n) is 17.8. The number of carbonyl (C=O) groups excluding carboxylic acids is 7. The Labute approximate surface area is 309 Å². The number of Topliss-reactive ketones (excluding diaryl/α,β-unsaturated/α-hetero) is 1. The Morgan fingerprint density at radius 2 is 1.68 bits per heavy atom. The molecule has 286 valence electrons. The van der Waals surface area contributed by atoms with Crippen LogP contribution in [-0.2, 0) is 35.3 Å². The van der Waals surface area contributed by atoms with E-state index in [1.807, 2.05) is 49.1 Å². The van der Waals surface area contributed by atoms with Crippen LogP contribution in [0, 0.1) is 5.41 Å². The van der Waals surface area contributed by atoms with Crippen molar-refractivity contribution in [1.82, 2.24) is 45.9 Å². The molecule has 2 unspecified atom stereocenters. The van der Waals surface area contributed by atoms with Crippen LogP contribution >= 0.6 is 0 Å². The van der Waals surface area contributed by atoms with Gasteiger partial charge in [0.05, 0.1) is 31.9 Å². The van der Waals surface area contributed by atoms with E-state index in [1.165, 1.54) is 23.5 Å². The summed E-state index contributed by atoms with van der Waals surface area (Å²) in [7, 11) is 1.75. The van der Waals surface area contributed by atoms with Gasteiger partial charge in [0, 0.05) is 31.9 Å². The first-order chi connectivity index (χ1) is 25.0. The minimum absolute atomic E-state index is 0.000129. The van der Waals surface area contributed by atoms with E-state index < -0.39 is 70.6 Å². The van der Waals surface area contributed by atoms with Crippen molar-refractivity contribution in [3.05, 3.63) is 60.2 Å². The van der Waals surface area contributed by atoms with Crippen LogP contribution in [0.3, 0.4) is 0 Å². The van der Waals surface area contributed by atoms with Crippen LogP contribution in [0.15, 0.2) is 48.9 Å². The molecule has 0 saturated carbocycles. The molecule has 1 aromatic carbocycles. The highest BCUT2D eigenvalue weighted by Gasteiger charge is 2.64. The van der Waals surface area contributed by atoms with Crippen molar-refractivity contribution in [1.29, 1.82) is 0 Å². The first kappa shape index (κ1) is 40.5. The summed E-state index contributed by atoms with van der Waals surface area (Å²) < 4.78 is 0. The maximum absolute atomic E-state index is 14.8. The predicted octanol–water partition coefficient (Wildman–Crippen LogP) is 0.389. The number of carbonyl (C=O) groups is 7.